The Morgan fingerprint density at radius 3 is 2.93 bits per heavy atom. The summed E-state index contributed by atoms with van der Waals surface area (Å²) in [6, 6.07) is 14.0. The molecule has 1 aliphatic heterocycles. The van der Waals surface area contributed by atoms with Crippen molar-refractivity contribution in [1.82, 2.24) is 15.3 Å². The molecule has 140 valence electrons. The lowest BCUT2D eigenvalue weighted by atomic mass is 10.0. The van der Waals surface area contributed by atoms with Crippen molar-refractivity contribution in [2.24, 2.45) is 5.92 Å². The smallest absolute Gasteiger partial charge is 0.220 e. The van der Waals surface area contributed by atoms with Crippen LogP contribution in [0.4, 0.5) is 0 Å². The van der Waals surface area contributed by atoms with E-state index < -0.39 is 0 Å². The van der Waals surface area contributed by atoms with E-state index in [-0.39, 0.29) is 17.9 Å². The van der Waals surface area contributed by atoms with Gasteiger partial charge < -0.3 is 15.0 Å². The molecule has 4 rings (SSSR count). The van der Waals surface area contributed by atoms with Crippen molar-refractivity contribution in [2.75, 3.05) is 6.61 Å². The molecule has 3 aromatic rings. The van der Waals surface area contributed by atoms with Crippen molar-refractivity contribution in [3.05, 3.63) is 59.4 Å². The normalized spacial score (nSPS) is 14.2. The van der Waals surface area contributed by atoms with E-state index in [0.717, 1.165) is 42.1 Å². The van der Waals surface area contributed by atoms with Crippen molar-refractivity contribution in [2.45, 2.75) is 39.2 Å². The fourth-order valence-corrected chi connectivity index (χ4v) is 3.57. The number of nitrogens with zero attached hydrogens (tertiary/aromatic N) is 1. The van der Waals surface area contributed by atoms with E-state index in [0.29, 0.717) is 6.42 Å². The van der Waals surface area contributed by atoms with Crippen LogP contribution in [0.25, 0.3) is 11.0 Å². The Morgan fingerprint density at radius 1 is 1.26 bits per heavy atom. The third-order valence-electron chi connectivity index (χ3n) is 5.08. The van der Waals surface area contributed by atoms with Crippen molar-refractivity contribution >= 4 is 16.9 Å². The number of nitrogens with one attached hydrogen (secondary N) is 2. The number of fused-ring (bicyclic) bond motifs is 2. The topological polar surface area (TPSA) is 67.0 Å². The maximum atomic E-state index is 12.6. The second-order valence-corrected chi connectivity index (χ2v) is 7.47. The Hall–Kier alpha value is -2.82. The predicted octanol–water partition coefficient (Wildman–Crippen LogP) is 3.94. The highest BCUT2D eigenvalue weighted by atomic mass is 16.5. The van der Waals surface area contributed by atoms with Gasteiger partial charge in [0, 0.05) is 12.8 Å². The molecule has 5 nitrogen and oxygen atoms in total. The van der Waals surface area contributed by atoms with Crippen LogP contribution < -0.4 is 10.1 Å². The molecule has 0 saturated carbocycles. The highest BCUT2D eigenvalue weighted by Gasteiger charge is 2.22. The number of hydrogen-bond donors (Lipinski definition) is 2. The lowest BCUT2D eigenvalue weighted by molar-refractivity contribution is -0.122. The first kappa shape index (κ1) is 17.6. The van der Waals surface area contributed by atoms with Gasteiger partial charge in [0.15, 0.2) is 0 Å². The van der Waals surface area contributed by atoms with Crippen LogP contribution in [0.2, 0.25) is 0 Å². The zero-order valence-corrected chi connectivity index (χ0v) is 15.8. The van der Waals surface area contributed by atoms with Gasteiger partial charge in [-0.05, 0) is 41.7 Å². The summed E-state index contributed by atoms with van der Waals surface area (Å²) in [4.78, 5) is 20.6. The van der Waals surface area contributed by atoms with Crippen LogP contribution in [-0.2, 0) is 17.6 Å². The average molecular weight is 363 g/mol. The molecule has 0 saturated heterocycles. The molecule has 0 unspecified atom stereocenters. The lowest BCUT2D eigenvalue weighted by Crippen LogP contribution is -2.32. The molecular formula is C22H25N3O2. The van der Waals surface area contributed by atoms with Gasteiger partial charge >= 0.3 is 0 Å². The van der Waals surface area contributed by atoms with Crippen molar-refractivity contribution < 1.29 is 9.53 Å². The molecule has 0 bridgehead atoms. The van der Waals surface area contributed by atoms with E-state index in [2.05, 4.69) is 41.3 Å². The van der Waals surface area contributed by atoms with Crippen LogP contribution in [0.1, 0.15) is 43.3 Å². The minimum atomic E-state index is -0.127. The number of H-pyrrole nitrogens is 1. The molecule has 0 radical (unpaired) electrons. The quantitative estimate of drug-likeness (QED) is 0.697. The number of rotatable bonds is 6. The first-order valence-corrected chi connectivity index (χ1v) is 9.59. The van der Waals surface area contributed by atoms with Gasteiger partial charge in [-0.3, -0.25) is 4.79 Å². The van der Waals surface area contributed by atoms with Crippen LogP contribution in [0.15, 0.2) is 42.5 Å². The first-order valence-electron chi connectivity index (χ1n) is 9.59. The largest absolute Gasteiger partial charge is 0.493 e. The molecular weight excluding hydrogens is 338 g/mol. The van der Waals surface area contributed by atoms with E-state index in [4.69, 9.17) is 4.74 Å². The summed E-state index contributed by atoms with van der Waals surface area (Å²) >= 11 is 0. The minimum absolute atomic E-state index is 0.0471. The average Bonchev–Trinajstić information content (AvgIpc) is 3.29. The fraction of sp³-hybridized carbons (Fsp3) is 0.364. The number of para-hydroxylation sites is 2. The summed E-state index contributed by atoms with van der Waals surface area (Å²) in [5.41, 5.74) is 4.34. The summed E-state index contributed by atoms with van der Waals surface area (Å²) in [5.74, 6) is 2.08. The number of aryl methyl sites for hydroxylation is 1. The second kappa shape index (κ2) is 7.43. The molecule has 2 aromatic carbocycles. The molecule has 1 aromatic heterocycles. The van der Waals surface area contributed by atoms with Crippen molar-refractivity contribution in [1.29, 1.82) is 0 Å². The Balaban J connectivity index is 1.41. The summed E-state index contributed by atoms with van der Waals surface area (Å²) in [5, 5.41) is 3.16. The molecule has 2 N–H and O–H groups in total. The Labute approximate surface area is 159 Å². The molecule has 2 heterocycles. The summed E-state index contributed by atoms with van der Waals surface area (Å²) in [6.07, 6.45) is 2.14. The minimum Gasteiger partial charge on any atom is -0.493 e. The van der Waals surface area contributed by atoms with Gasteiger partial charge in [0.2, 0.25) is 5.91 Å². The van der Waals surface area contributed by atoms with Crippen LogP contribution in [0, 0.1) is 5.92 Å². The monoisotopic (exact) mass is 363 g/mol. The van der Waals surface area contributed by atoms with Crippen LogP contribution in [0.5, 0.6) is 5.75 Å². The first-order chi connectivity index (χ1) is 13.1. The number of amides is 1. The molecule has 27 heavy (non-hydrogen) atoms. The molecule has 1 atom stereocenters. The number of carbonyl (C=O) groups is 1. The molecule has 1 amide bonds. The van der Waals surface area contributed by atoms with Crippen LogP contribution >= 0.6 is 0 Å². The maximum Gasteiger partial charge on any atom is 0.220 e. The van der Waals surface area contributed by atoms with Gasteiger partial charge in [-0.25, -0.2) is 4.98 Å². The zero-order valence-electron chi connectivity index (χ0n) is 15.8. The Kier molecular flexibility index (Phi) is 4.84. The van der Waals surface area contributed by atoms with E-state index in [1.165, 1.54) is 11.1 Å². The molecule has 0 aliphatic carbocycles. The van der Waals surface area contributed by atoms with Gasteiger partial charge in [0.1, 0.15) is 11.6 Å². The van der Waals surface area contributed by atoms with E-state index >= 15 is 0 Å². The number of benzene rings is 2. The van der Waals surface area contributed by atoms with Gasteiger partial charge in [-0.1, -0.05) is 38.1 Å². The SMILES string of the molecule is CC(C)[C@H](NC(=O)CCc1ccc2c(c1)CCO2)c1nc2ccccc2[nH]1. The second-order valence-electron chi connectivity index (χ2n) is 7.47. The number of hydrogen-bond acceptors (Lipinski definition) is 3. The van der Waals surface area contributed by atoms with Gasteiger partial charge in [0.25, 0.3) is 0 Å². The van der Waals surface area contributed by atoms with Crippen LogP contribution in [-0.4, -0.2) is 22.5 Å². The van der Waals surface area contributed by atoms with E-state index in [9.17, 15) is 4.79 Å². The number of carbonyl (C=O) groups excluding carboxylic acids is 1. The van der Waals surface area contributed by atoms with E-state index in [1.807, 2.05) is 30.3 Å². The molecule has 5 heteroatoms. The fourth-order valence-electron chi connectivity index (χ4n) is 3.57. The standard InChI is InChI=1S/C22H25N3O2/c1-14(2)21(22-23-17-5-3-4-6-18(17)24-22)25-20(26)10-8-15-7-9-19-16(13-15)11-12-27-19/h3-7,9,13-14,21H,8,10-12H2,1-2H3,(H,23,24)(H,25,26)/t21-/m0/s1. The van der Waals surface area contributed by atoms with Crippen molar-refractivity contribution in [3.8, 4) is 5.75 Å². The number of imidazole rings is 1. The molecule has 0 spiro atoms. The number of aromatic nitrogens is 2. The summed E-state index contributed by atoms with van der Waals surface area (Å²) in [6.45, 7) is 4.95. The predicted molar refractivity (Wildman–Crippen MR) is 106 cm³/mol. The third kappa shape index (κ3) is 3.82. The molecule has 1 aliphatic rings. The molecule has 0 fully saturated rings. The summed E-state index contributed by atoms with van der Waals surface area (Å²) < 4.78 is 5.54. The maximum absolute atomic E-state index is 12.6. The lowest BCUT2D eigenvalue weighted by Gasteiger charge is -2.20. The Morgan fingerprint density at radius 2 is 2.11 bits per heavy atom. The van der Waals surface area contributed by atoms with Crippen LogP contribution in [0.3, 0.4) is 0 Å². The van der Waals surface area contributed by atoms with Gasteiger partial charge in [0.05, 0.1) is 23.7 Å². The van der Waals surface area contributed by atoms with Crippen molar-refractivity contribution in [3.63, 3.8) is 0 Å². The van der Waals surface area contributed by atoms with Gasteiger partial charge in [-0.2, -0.15) is 0 Å². The summed E-state index contributed by atoms with van der Waals surface area (Å²) in [7, 11) is 0. The number of aromatic amines is 1. The highest BCUT2D eigenvalue weighted by Crippen LogP contribution is 2.26. The third-order valence-corrected chi connectivity index (χ3v) is 5.08. The Bertz CT molecular complexity index is 928. The van der Waals surface area contributed by atoms with E-state index in [1.54, 1.807) is 0 Å². The van der Waals surface area contributed by atoms with Gasteiger partial charge in [-0.15, -0.1) is 0 Å². The number of ether oxygens (including phenoxy) is 1. The zero-order chi connectivity index (χ0) is 18.8. The highest BCUT2D eigenvalue weighted by molar-refractivity contribution is 5.77.